The van der Waals surface area contributed by atoms with Gasteiger partial charge in [0.2, 0.25) is 0 Å². The molecule has 1 amide bonds. The summed E-state index contributed by atoms with van der Waals surface area (Å²) in [6.45, 7) is -0.217. The zero-order valence-corrected chi connectivity index (χ0v) is 10.8. The van der Waals surface area contributed by atoms with Crippen molar-refractivity contribution in [1.29, 1.82) is 0 Å². The number of nitrogens with one attached hydrogen (secondary N) is 1. The molecule has 2 N–H and O–H groups in total. The van der Waals surface area contributed by atoms with Gasteiger partial charge in [-0.25, -0.2) is 0 Å². The summed E-state index contributed by atoms with van der Waals surface area (Å²) in [7, 11) is 0. The number of carbonyl (C=O) groups excluding carboxylic acids is 1. The summed E-state index contributed by atoms with van der Waals surface area (Å²) in [5.41, 5.74) is 2.01. The largest absolute Gasteiger partial charge is 0.508 e. The van der Waals surface area contributed by atoms with Crippen molar-refractivity contribution in [1.82, 2.24) is 5.32 Å². The summed E-state index contributed by atoms with van der Waals surface area (Å²) in [5.74, 6) is -1.87. The van der Waals surface area contributed by atoms with E-state index in [2.05, 4.69) is 0 Å². The van der Waals surface area contributed by atoms with Crippen LogP contribution in [0.1, 0.15) is 5.56 Å². The number of hydrogen-bond donors (Lipinski definition) is 2. The third kappa shape index (κ3) is 3.98. The molecular formula is C15H12F3NO2. The molecule has 0 aliphatic heterocycles. The maximum atomic E-state index is 12.1. The molecule has 0 atom stereocenters. The maximum absolute atomic E-state index is 12.1. The van der Waals surface area contributed by atoms with Crippen LogP contribution in [0.5, 0.6) is 5.75 Å². The summed E-state index contributed by atoms with van der Waals surface area (Å²) < 4.78 is 36.3. The van der Waals surface area contributed by atoms with Gasteiger partial charge in [0.15, 0.2) is 0 Å². The van der Waals surface area contributed by atoms with Crippen LogP contribution < -0.4 is 5.32 Å². The number of hydrogen-bond acceptors (Lipinski definition) is 2. The van der Waals surface area contributed by atoms with Crippen molar-refractivity contribution in [3.05, 3.63) is 54.1 Å². The molecule has 2 rings (SSSR count). The molecule has 0 heterocycles. The van der Waals surface area contributed by atoms with Gasteiger partial charge in [0.25, 0.3) is 0 Å². The quantitative estimate of drug-likeness (QED) is 0.913. The number of rotatable bonds is 3. The minimum absolute atomic E-state index is 0.100. The molecule has 0 bridgehead atoms. The van der Waals surface area contributed by atoms with Gasteiger partial charge in [-0.15, -0.1) is 0 Å². The molecular weight excluding hydrogens is 283 g/mol. The molecule has 0 fully saturated rings. The van der Waals surface area contributed by atoms with Gasteiger partial charge in [0.1, 0.15) is 5.75 Å². The van der Waals surface area contributed by atoms with Crippen LogP contribution >= 0.6 is 0 Å². The highest BCUT2D eigenvalue weighted by Crippen LogP contribution is 2.24. The fraction of sp³-hybridized carbons (Fsp3) is 0.133. The molecule has 0 aliphatic carbocycles. The third-order valence-electron chi connectivity index (χ3n) is 2.82. The number of carbonyl (C=O) groups is 1. The summed E-state index contributed by atoms with van der Waals surface area (Å²) in [6, 6.07) is 13.2. The number of halogens is 3. The van der Waals surface area contributed by atoms with Crippen LogP contribution in [-0.4, -0.2) is 17.2 Å². The maximum Gasteiger partial charge on any atom is 0.471 e. The van der Waals surface area contributed by atoms with Crippen molar-refractivity contribution in [2.45, 2.75) is 12.7 Å². The van der Waals surface area contributed by atoms with Gasteiger partial charge < -0.3 is 10.4 Å². The van der Waals surface area contributed by atoms with E-state index in [9.17, 15) is 23.1 Å². The van der Waals surface area contributed by atoms with E-state index in [1.165, 1.54) is 6.07 Å². The highest BCUT2D eigenvalue weighted by molar-refractivity contribution is 5.81. The van der Waals surface area contributed by atoms with Crippen LogP contribution in [0.2, 0.25) is 0 Å². The number of aromatic hydroxyl groups is 1. The molecule has 3 nitrogen and oxygen atoms in total. The van der Waals surface area contributed by atoms with E-state index >= 15 is 0 Å². The van der Waals surface area contributed by atoms with Gasteiger partial charge in [0, 0.05) is 6.54 Å². The van der Waals surface area contributed by atoms with Crippen LogP contribution in [-0.2, 0) is 11.3 Å². The van der Waals surface area contributed by atoms with Crippen LogP contribution in [0, 0.1) is 0 Å². The fourth-order valence-corrected chi connectivity index (χ4v) is 1.83. The second-order valence-corrected chi connectivity index (χ2v) is 4.43. The minimum Gasteiger partial charge on any atom is -0.508 e. The Kier molecular flexibility index (Phi) is 4.16. The highest BCUT2D eigenvalue weighted by atomic mass is 19.4. The van der Waals surface area contributed by atoms with Crippen molar-refractivity contribution >= 4 is 5.91 Å². The van der Waals surface area contributed by atoms with E-state index in [4.69, 9.17) is 0 Å². The Morgan fingerprint density at radius 1 is 1.05 bits per heavy atom. The molecule has 6 heteroatoms. The van der Waals surface area contributed by atoms with Crippen LogP contribution in [0.3, 0.4) is 0 Å². The molecule has 2 aromatic carbocycles. The number of phenols is 1. The van der Waals surface area contributed by atoms with Gasteiger partial charge in [-0.2, -0.15) is 13.2 Å². The molecule has 0 spiro atoms. The van der Waals surface area contributed by atoms with E-state index in [-0.39, 0.29) is 12.3 Å². The fourth-order valence-electron chi connectivity index (χ4n) is 1.83. The Hall–Kier alpha value is -2.50. The molecule has 0 aromatic heterocycles. The molecule has 0 saturated carbocycles. The Balaban J connectivity index is 2.13. The average molecular weight is 295 g/mol. The molecule has 110 valence electrons. The third-order valence-corrected chi connectivity index (χ3v) is 2.82. The Morgan fingerprint density at radius 2 is 1.67 bits per heavy atom. The molecule has 0 aliphatic rings. The lowest BCUT2D eigenvalue weighted by Gasteiger charge is -2.09. The Labute approximate surface area is 119 Å². The van der Waals surface area contributed by atoms with Crippen molar-refractivity contribution in [3.63, 3.8) is 0 Å². The van der Waals surface area contributed by atoms with Crippen molar-refractivity contribution in [2.75, 3.05) is 0 Å². The van der Waals surface area contributed by atoms with Crippen molar-refractivity contribution in [2.24, 2.45) is 0 Å². The van der Waals surface area contributed by atoms with Crippen molar-refractivity contribution in [3.8, 4) is 16.9 Å². The second kappa shape index (κ2) is 5.87. The van der Waals surface area contributed by atoms with Gasteiger partial charge in [0.05, 0.1) is 0 Å². The zero-order valence-electron chi connectivity index (χ0n) is 10.8. The first-order chi connectivity index (χ1) is 9.86. The SMILES string of the molecule is O=C(NCc1cccc(-c2cccc(O)c2)c1)C(F)(F)F. The van der Waals surface area contributed by atoms with Crippen molar-refractivity contribution < 1.29 is 23.1 Å². The smallest absolute Gasteiger partial charge is 0.471 e. The first-order valence-electron chi connectivity index (χ1n) is 6.09. The number of benzene rings is 2. The van der Waals surface area contributed by atoms with Gasteiger partial charge >= 0.3 is 12.1 Å². The van der Waals surface area contributed by atoms with Gasteiger partial charge in [-0.1, -0.05) is 30.3 Å². The summed E-state index contributed by atoms with van der Waals surface area (Å²) in [5, 5.41) is 11.2. The summed E-state index contributed by atoms with van der Waals surface area (Å²) in [4.78, 5) is 10.8. The lowest BCUT2D eigenvalue weighted by molar-refractivity contribution is -0.173. The number of amides is 1. The van der Waals surface area contributed by atoms with E-state index in [1.54, 1.807) is 42.5 Å². The first kappa shape index (κ1) is 14.9. The van der Waals surface area contributed by atoms with Crippen LogP contribution in [0.15, 0.2) is 48.5 Å². The minimum atomic E-state index is -4.89. The monoisotopic (exact) mass is 295 g/mol. The average Bonchev–Trinajstić information content (AvgIpc) is 2.44. The molecule has 0 unspecified atom stereocenters. The van der Waals surface area contributed by atoms with Crippen LogP contribution in [0.25, 0.3) is 11.1 Å². The summed E-state index contributed by atoms with van der Waals surface area (Å²) in [6.07, 6.45) is -4.89. The normalized spacial score (nSPS) is 11.2. The lowest BCUT2D eigenvalue weighted by Crippen LogP contribution is -2.36. The van der Waals surface area contributed by atoms with E-state index in [1.807, 2.05) is 5.32 Å². The first-order valence-corrected chi connectivity index (χ1v) is 6.09. The van der Waals surface area contributed by atoms with E-state index in [0.29, 0.717) is 5.56 Å². The molecule has 2 aromatic rings. The van der Waals surface area contributed by atoms with Crippen LogP contribution in [0.4, 0.5) is 13.2 Å². The predicted molar refractivity (Wildman–Crippen MR) is 71.4 cm³/mol. The van der Waals surface area contributed by atoms with E-state index in [0.717, 1.165) is 11.1 Å². The standard InChI is InChI=1S/C15H12F3NO2/c16-15(17,18)14(21)19-9-10-3-1-4-11(7-10)12-5-2-6-13(20)8-12/h1-8,20H,9H2,(H,19,21). The molecule has 0 radical (unpaired) electrons. The Morgan fingerprint density at radius 3 is 2.29 bits per heavy atom. The van der Waals surface area contributed by atoms with E-state index < -0.39 is 12.1 Å². The predicted octanol–water partition coefficient (Wildman–Crippen LogP) is 3.24. The topological polar surface area (TPSA) is 49.3 Å². The highest BCUT2D eigenvalue weighted by Gasteiger charge is 2.38. The second-order valence-electron chi connectivity index (χ2n) is 4.43. The summed E-state index contributed by atoms with van der Waals surface area (Å²) >= 11 is 0. The Bertz CT molecular complexity index is 653. The molecule has 21 heavy (non-hydrogen) atoms. The lowest BCUT2D eigenvalue weighted by atomic mass is 10.0. The van der Waals surface area contributed by atoms with Gasteiger partial charge in [-0.05, 0) is 34.9 Å². The molecule has 0 saturated heterocycles. The van der Waals surface area contributed by atoms with Gasteiger partial charge in [-0.3, -0.25) is 4.79 Å². The number of alkyl halides is 3. The zero-order chi connectivity index (χ0) is 15.5. The number of phenolic OH excluding ortho intramolecular Hbond substituents is 1.